The van der Waals surface area contributed by atoms with Crippen LogP contribution in [0.25, 0.3) is 50.0 Å². The first kappa shape index (κ1) is 23.0. The molecular weight excluding hydrogens is 503 g/mol. The van der Waals surface area contributed by atoms with Gasteiger partial charge >= 0.3 is 215 Å². The number of para-hydroxylation sites is 2. The molecule has 0 bridgehead atoms. The van der Waals surface area contributed by atoms with Crippen molar-refractivity contribution in [3.8, 4) is 17.1 Å². The van der Waals surface area contributed by atoms with E-state index in [9.17, 15) is 0 Å². The Balaban J connectivity index is 1.71. The van der Waals surface area contributed by atoms with Crippen molar-refractivity contribution in [1.82, 2.24) is 14.5 Å². The minimum absolute atomic E-state index is 0.136. The number of nitrogens with zero attached hydrogens (tertiary/aromatic N) is 3. The van der Waals surface area contributed by atoms with Crippen LogP contribution in [0.15, 0.2) is 83.4 Å². The molecule has 180 valence electrons. The van der Waals surface area contributed by atoms with Crippen molar-refractivity contribution in [2.75, 3.05) is 0 Å². The molecule has 0 radical (unpaired) electrons. The Morgan fingerprint density at radius 3 is 2.33 bits per heavy atom. The number of hydrogen-bond acceptors (Lipinski definition) is 3. The van der Waals surface area contributed by atoms with Crippen LogP contribution >= 0.6 is 0 Å². The van der Waals surface area contributed by atoms with Crippen molar-refractivity contribution in [2.24, 2.45) is 0 Å². The minimum atomic E-state index is -1.99. The van der Waals surface area contributed by atoms with Crippen molar-refractivity contribution < 1.29 is 4.42 Å². The summed E-state index contributed by atoms with van der Waals surface area (Å²) in [5.74, 6) is 8.11. The summed E-state index contributed by atoms with van der Waals surface area (Å²) < 4.78 is 10.3. The van der Waals surface area contributed by atoms with Crippen molar-refractivity contribution in [2.45, 2.75) is 43.5 Å². The van der Waals surface area contributed by atoms with Crippen LogP contribution in [0.5, 0.6) is 0 Å². The summed E-state index contributed by atoms with van der Waals surface area (Å²) in [5, 5.41) is 2.28. The van der Waals surface area contributed by atoms with Crippen LogP contribution in [0.1, 0.15) is 26.5 Å². The number of imidazole rings is 1. The van der Waals surface area contributed by atoms with Crippen LogP contribution in [0.3, 0.4) is 0 Å². The Morgan fingerprint density at radius 2 is 1.61 bits per heavy atom. The van der Waals surface area contributed by atoms with Crippen LogP contribution < -0.4 is 4.40 Å². The number of benzene rings is 3. The molecule has 0 atom stereocenters. The summed E-state index contributed by atoms with van der Waals surface area (Å²) >= 11 is -1.99. The maximum absolute atomic E-state index is 6.62. The number of rotatable bonds is 3. The van der Waals surface area contributed by atoms with Gasteiger partial charge in [0, 0.05) is 0 Å². The zero-order valence-electron chi connectivity index (χ0n) is 21.8. The molecule has 0 spiro atoms. The van der Waals surface area contributed by atoms with Crippen molar-refractivity contribution in [3.05, 3.63) is 84.7 Å². The van der Waals surface area contributed by atoms with Gasteiger partial charge in [-0.15, -0.1) is 0 Å². The zero-order chi connectivity index (χ0) is 25.2. The first-order valence-corrected chi connectivity index (χ1v) is 19.9. The Morgan fingerprint density at radius 1 is 0.833 bits per heavy atom. The molecule has 36 heavy (non-hydrogen) atoms. The molecule has 0 aliphatic rings. The van der Waals surface area contributed by atoms with E-state index in [1.54, 1.807) is 0 Å². The van der Waals surface area contributed by atoms with Crippen molar-refractivity contribution >= 4 is 50.6 Å². The second kappa shape index (κ2) is 8.07. The van der Waals surface area contributed by atoms with E-state index in [0.29, 0.717) is 0 Å². The molecule has 0 N–H and O–H groups in total. The van der Waals surface area contributed by atoms with Crippen LogP contribution in [0.4, 0.5) is 0 Å². The molecule has 3 aromatic carbocycles. The van der Waals surface area contributed by atoms with Gasteiger partial charge in [-0.1, -0.05) is 0 Å². The summed E-state index contributed by atoms with van der Waals surface area (Å²) in [7, 11) is 0. The molecule has 0 aliphatic heterocycles. The fourth-order valence-electron chi connectivity index (χ4n) is 5.02. The van der Waals surface area contributed by atoms with Crippen molar-refractivity contribution in [3.63, 3.8) is 0 Å². The third-order valence-corrected chi connectivity index (χ3v) is 11.2. The SMILES string of the molecule is CC(C)(C)c1nccc2nc(-c3cccc4c3oc3c[c]([Ge]([CH3])([CH3])[CH3])ccc34)n(-c3ccccc3)c12. The van der Waals surface area contributed by atoms with Gasteiger partial charge in [0.25, 0.3) is 0 Å². The normalized spacial score (nSPS) is 12.7. The third-order valence-electron chi connectivity index (χ3n) is 6.90. The molecule has 4 nitrogen and oxygen atoms in total. The second-order valence-corrected chi connectivity index (χ2v) is 22.3. The van der Waals surface area contributed by atoms with E-state index in [2.05, 4.69) is 103 Å². The van der Waals surface area contributed by atoms with Crippen LogP contribution in [0.2, 0.25) is 17.3 Å². The zero-order valence-corrected chi connectivity index (χ0v) is 23.9. The Kier molecular flexibility index (Phi) is 5.17. The predicted octanol–water partition coefficient (Wildman–Crippen LogP) is 7.83. The van der Waals surface area contributed by atoms with Gasteiger partial charge in [0.05, 0.1) is 0 Å². The van der Waals surface area contributed by atoms with Crippen LogP contribution in [0, 0.1) is 0 Å². The number of aromatic nitrogens is 3. The van der Waals surface area contributed by atoms with E-state index in [1.165, 1.54) is 4.40 Å². The first-order valence-electron chi connectivity index (χ1n) is 12.5. The summed E-state index contributed by atoms with van der Waals surface area (Å²) in [6.45, 7) is 6.61. The Hall–Kier alpha value is -3.38. The fraction of sp³-hybridized carbons (Fsp3) is 0.226. The standard InChI is InChI=1S/C31H31GeN3O/c1-31(2,3)29-27-25(17-18-33-29)34-30(35(27)21-11-8-7-9-12-21)24-14-10-13-23-22-16-15-20(32(4,5)6)19-26(22)36-28(23)24/h7-19H,1-6H3. The van der Waals surface area contributed by atoms with E-state index in [4.69, 9.17) is 14.4 Å². The molecule has 5 heteroatoms. The van der Waals surface area contributed by atoms with Gasteiger partial charge < -0.3 is 0 Å². The van der Waals surface area contributed by atoms with Gasteiger partial charge in [0.2, 0.25) is 0 Å². The average molecular weight is 534 g/mol. The molecular formula is C31H31GeN3O. The summed E-state index contributed by atoms with van der Waals surface area (Å²) in [5.41, 5.74) is 6.75. The predicted molar refractivity (Wildman–Crippen MR) is 153 cm³/mol. The van der Waals surface area contributed by atoms with Gasteiger partial charge in [-0.25, -0.2) is 0 Å². The molecule has 6 aromatic rings. The second-order valence-electron chi connectivity index (χ2n) is 11.6. The molecule has 3 aromatic heterocycles. The monoisotopic (exact) mass is 535 g/mol. The molecule has 6 rings (SSSR count). The van der Waals surface area contributed by atoms with E-state index in [1.807, 2.05) is 18.3 Å². The molecule has 0 saturated carbocycles. The van der Waals surface area contributed by atoms with Crippen LogP contribution in [-0.4, -0.2) is 27.8 Å². The first-order chi connectivity index (χ1) is 17.1. The van der Waals surface area contributed by atoms with E-state index < -0.39 is 13.3 Å². The molecule has 3 heterocycles. The van der Waals surface area contributed by atoms with Gasteiger partial charge in [0.1, 0.15) is 0 Å². The molecule has 0 aliphatic carbocycles. The van der Waals surface area contributed by atoms with Gasteiger partial charge in [-0.2, -0.15) is 0 Å². The van der Waals surface area contributed by atoms with Gasteiger partial charge in [-0.05, 0) is 0 Å². The molecule has 0 fully saturated rings. The number of pyridine rings is 1. The molecule has 0 amide bonds. The van der Waals surface area contributed by atoms with E-state index >= 15 is 0 Å². The summed E-state index contributed by atoms with van der Waals surface area (Å²) in [6, 6.07) is 25.6. The topological polar surface area (TPSA) is 43.9 Å². The molecule has 0 unspecified atom stereocenters. The summed E-state index contributed by atoms with van der Waals surface area (Å²) in [4.78, 5) is 10.0. The third kappa shape index (κ3) is 3.67. The quantitative estimate of drug-likeness (QED) is 0.218. The van der Waals surface area contributed by atoms with Gasteiger partial charge in [0.15, 0.2) is 0 Å². The Labute approximate surface area is 214 Å². The van der Waals surface area contributed by atoms with E-state index in [-0.39, 0.29) is 5.41 Å². The Bertz CT molecular complexity index is 1750. The number of fused-ring (bicyclic) bond motifs is 4. The number of hydrogen-bond donors (Lipinski definition) is 0. The summed E-state index contributed by atoms with van der Waals surface area (Å²) in [6.07, 6.45) is 1.87. The van der Waals surface area contributed by atoms with E-state index in [0.717, 1.165) is 55.7 Å². The molecule has 0 saturated heterocycles. The average Bonchev–Trinajstić information content (AvgIpc) is 3.41. The fourth-order valence-corrected chi connectivity index (χ4v) is 7.43. The van der Waals surface area contributed by atoms with Crippen molar-refractivity contribution in [1.29, 1.82) is 0 Å². The maximum atomic E-state index is 6.62. The number of furan rings is 1. The van der Waals surface area contributed by atoms with Crippen LogP contribution in [-0.2, 0) is 5.41 Å². The van der Waals surface area contributed by atoms with Gasteiger partial charge in [-0.3, -0.25) is 0 Å².